The van der Waals surface area contributed by atoms with E-state index in [4.69, 9.17) is 0 Å². The molecule has 2 aliphatic rings. The van der Waals surface area contributed by atoms with Crippen molar-refractivity contribution in [1.82, 2.24) is 21.3 Å². The van der Waals surface area contributed by atoms with Crippen LogP contribution in [0.3, 0.4) is 0 Å². The SMILES string of the molecule is C[C@H](CN[C@@H]1CCCC[C@H]1NC(c1ccccc1)(c1ccccc1)c1ccccc1)N[C@@H]1CCCC[C@H]1NC(c1ccccc1)(c1ccccc1)c1ccccc1. The lowest BCUT2D eigenvalue weighted by atomic mass is 9.75. The van der Waals surface area contributed by atoms with Gasteiger partial charge in [-0.25, -0.2) is 0 Å². The topological polar surface area (TPSA) is 48.1 Å². The standard InChI is InChI=1S/C53H60N4/c1-41(55-49-37-21-23-39-51(49)57-53(45-30-14-5-15-31-45,46-32-16-6-17-33-46)47-34-18-7-19-35-47)40-54-48-36-20-22-38-50(48)56-52(42-24-8-2-9-25-42,43-26-10-3-11-27-43)44-28-12-4-13-29-44/h2-19,24-35,41,48-51,54-57H,20-23,36-40H2,1H3/t41-,48-,49-,50-,51-/m1/s1. The normalized spacial score (nSPS) is 20.8. The lowest BCUT2D eigenvalue weighted by Gasteiger charge is -2.45. The van der Waals surface area contributed by atoms with Gasteiger partial charge in [-0.1, -0.05) is 208 Å². The van der Waals surface area contributed by atoms with Crippen LogP contribution in [-0.4, -0.2) is 36.8 Å². The van der Waals surface area contributed by atoms with Crippen molar-refractivity contribution >= 4 is 0 Å². The predicted octanol–water partition coefficient (Wildman–Crippen LogP) is 10.3. The van der Waals surface area contributed by atoms with Crippen molar-refractivity contribution in [2.75, 3.05) is 6.54 Å². The quantitative estimate of drug-likeness (QED) is 0.0789. The molecule has 2 saturated carbocycles. The molecule has 0 radical (unpaired) electrons. The van der Waals surface area contributed by atoms with Crippen LogP contribution in [0, 0.1) is 0 Å². The molecule has 2 fully saturated rings. The molecule has 4 heteroatoms. The predicted molar refractivity (Wildman–Crippen MR) is 237 cm³/mol. The molecule has 0 spiro atoms. The van der Waals surface area contributed by atoms with Gasteiger partial charge >= 0.3 is 0 Å². The van der Waals surface area contributed by atoms with Crippen molar-refractivity contribution in [3.05, 3.63) is 215 Å². The van der Waals surface area contributed by atoms with Gasteiger partial charge in [-0.05, 0) is 66.0 Å². The average Bonchev–Trinajstić information content (AvgIpc) is 3.29. The summed E-state index contributed by atoms with van der Waals surface area (Å²) in [4.78, 5) is 0. The molecule has 292 valence electrons. The zero-order valence-electron chi connectivity index (χ0n) is 33.6. The third kappa shape index (κ3) is 8.56. The van der Waals surface area contributed by atoms with E-state index in [9.17, 15) is 0 Å². The molecule has 0 aliphatic heterocycles. The molecule has 4 N–H and O–H groups in total. The van der Waals surface area contributed by atoms with Crippen LogP contribution in [0.5, 0.6) is 0 Å². The Hall–Kier alpha value is -4.84. The smallest absolute Gasteiger partial charge is 0.0950 e. The summed E-state index contributed by atoms with van der Waals surface area (Å²) < 4.78 is 0. The van der Waals surface area contributed by atoms with Crippen molar-refractivity contribution in [1.29, 1.82) is 0 Å². The fourth-order valence-electron chi connectivity index (χ4n) is 9.99. The minimum atomic E-state index is -0.475. The monoisotopic (exact) mass is 752 g/mol. The Labute approximate surface area is 341 Å². The molecule has 6 aromatic carbocycles. The lowest BCUT2D eigenvalue weighted by molar-refractivity contribution is 0.220. The van der Waals surface area contributed by atoms with Gasteiger partial charge < -0.3 is 10.6 Å². The Morgan fingerprint density at radius 2 is 0.649 bits per heavy atom. The van der Waals surface area contributed by atoms with E-state index in [1.807, 2.05) is 0 Å². The molecule has 5 atom stereocenters. The van der Waals surface area contributed by atoms with Crippen LogP contribution >= 0.6 is 0 Å². The van der Waals surface area contributed by atoms with E-state index < -0.39 is 11.1 Å². The number of hydrogen-bond donors (Lipinski definition) is 4. The van der Waals surface area contributed by atoms with Gasteiger partial charge in [-0.15, -0.1) is 0 Å². The average molecular weight is 753 g/mol. The summed E-state index contributed by atoms with van der Waals surface area (Å²) in [5.41, 5.74) is 6.69. The molecular weight excluding hydrogens is 693 g/mol. The van der Waals surface area contributed by atoms with Crippen LogP contribution in [0.25, 0.3) is 0 Å². The molecule has 2 aliphatic carbocycles. The highest BCUT2D eigenvalue weighted by Gasteiger charge is 2.42. The van der Waals surface area contributed by atoms with E-state index in [1.54, 1.807) is 0 Å². The summed E-state index contributed by atoms with van der Waals surface area (Å²) in [7, 11) is 0. The van der Waals surface area contributed by atoms with Gasteiger partial charge in [0.1, 0.15) is 0 Å². The van der Waals surface area contributed by atoms with E-state index in [-0.39, 0.29) is 0 Å². The van der Waals surface area contributed by atoms with E-state index >= 15 is 0 Å². The maximum Gasteiger partial charge on any atom is 0.0950 e. The van der Waals surface area contributed by atoms with Gasteiger partial charge in [0.2, 0.25) is 0 Å². The van der Waals surface area contributed by atoms with E-state index in [1.165, 1.54) is 65.5 Å². The Morgan fingerprint density at radius 1 is 0.386 bits per heavy atom. The lowest BCUT2D eigenvalue weighted by Crippen LogP contribution is -2.61. The summed E-state index contributed by atoms with van der Waals surface area (Å²) in [6.45, 7) is 3.30. The molecule has 6 aromatic rings. The van der Waals surface area contributed by atoms with Crippen LogP contribution in [0.15, 0.2) is 182 Å². The maximum atomic E-state index is 4.37. The maximum absolute atomic E-state index is 4.37. The van der Waals surface area contributed by atoms with E-state index in [0.29, 0.717) is 30.2 Å². The van der Waals surface area contributed by atoms with Crippen LogP contribution in [0.4, 0.5) is 0 Å². The number of nitrogens with one attached hydrogen (secondary N) is 4. The highest BCUT2D eigenvalue weighted by atomic mass is 15.1. The van der Waals surface area contributed by atoms with Gasteiger partial charge in [0, 0.05) is 36.8 Å². The summed E-state index contributed by atoms with van der Waals surface area (Å²) in [5.74, 6) is 0. The highest BCUT2D eigenvalue weighted by molar-refractivity contribution is 5.51. The first-order chi connectivity index (χ1) is 28.2. The summed E-state index contributed by atoms with van der Waals surface area (Å²) in [5, 5.41) is 17.0. The fraction of sp³-hybridized carbons (Fsp3) is 0.321. The third-order valence-electron chi connectivity index (χ3n) is 12.8. The minimum absolute atomic E-state index is 0.300. The molecule has 0 unspecified atom stereocenters. The zero-order chi connectivity index (χ0) is 38.8. The highest BCUT2D eigenvalue weighted by Crippen LogP contribution is 2.40. The number of benzene rings is 6. The van der Waals surface area contributed by atoms with Crippen LogP contribution in [-0.2, 0) is 11.1 Å². The van der Waals surface area contributed by atoms with Gasteiger partial charge in [0.05, 0.1) is 11.1 Å². The van der Waals surface area contributed by atoms with Gasteiger partial charge in [0.25, 0.3) is 0 Å². The molecule has 0 aromatic heterocycles. The number of rotatable bonds is 15. The molecule has 57 heavy (non-hydrogen) atoms. The van der Waals surface area contributed by atoms with Crippen LogP contribution in [0.1, 0.15) is 91.7 Å². The van der Waals surface area contributed by atoms with Crippen LogP contribution in [0.2, 0.25) is 0 Å². The van der Waals surface area contributed by atoms with Gasteiger partial charge in [-0.2, -0.15) is 0 Å². The van der Waals surface area contributed by atoms with Crippen molar-refractivity contribution < 1.29 is 0 Å². The van der Waals surface area contributed by atoms with Crippen LogP contribution < -0.4 is 21.3 Å². The second kappa shape index (κ2) is 18.6. The van der Waals surface area contributed by atoms with Gasteiger partial charge in [-0.3, -0.25) is 10.6 Å². The zero-order valence-corrected chi connectivity index (χ0v) is 33.6. The van der Waals surface area contributed by atoms with Crippen molar-refractivity contribution in [2.24, 2.45) is 0 Å². The molecule has 0 heterocycles. The first-order valence-electron chi connectivity index (χ1n) is 21.5. The molecule has 4 nitrogen and oxygen atoms in total. The molecule has 0 saturated heterocycles. The molecule has 8 rings (SSSR count). The van der Waals surface area contributed by atoms with Crippen molar-refractivity contribution in [3.8, 4) is 0 Å². The Morgan fingerprint density at radius 3 is 0.965 bits per heavy atom. The molecular formula is C53H60N4. The Bertz CT molecular complexity index is 1860. The first-order valence-corrected chi connectivity index (χ1v) is 21.5. The summed E-state index contributed by atoms with van der Waals surface area (Å²) >= 11 is 0. The second-order valence-corrected chi connectivity index (χ2v) is 16.5. The molecule has 0 amide bonds. The first kappa shape index (κ1) is 39.0. The second-order valence-electron chi connectivity index (χ2n) is 16.5. The van der Waals surface area contributed by atoms with E-state index in [2.05, 4.69) is 210 Å². The van der Waals surface area contributed by atoms with E-state index in [0.717, 1.165) is 25.8 Å². The molecule has 0 bridgehead atoms. The Kier molecular flexibility index (Phi) is 12.7. The fourth-order valence-corrected chi connectivity index (χ4v) is 9.99. The van der Waals surface area contributed by atoms with Crippen molar-refractivity contribution in [3.63, 3.8) is 0 Å². The third-order valence-corrected chi connectivity index (χ3v) is 12.8. The summed E-state index contributed by atoms with van der Waals surface area (Å²) in [6.07, 6.45) is 9.59. The summed E-state index contributed by atoms with van der Waals surface area (Å²) in [6, 6.07) is 68.1. The van der Waals surface area contributed by atoms with Gasteiger partial charge in [0.15, 0.2) is 0 Å². The minimum Gasteiger partial charge on any atom is -0.311 e. The number of hydrogen-bond acceptors (Lipinski definition) is 4. The Balaban J connectivity index is 1.03. The van der Waals surface area contributed by atoms with Crippen molar-refractivity contribution in [2.45, 2.75) is 99.6 Å². The largest absolute Gasteiger partial charge is 0.311 e.